The lowest BCUT2D eigenvalue weighted by Gasteiger charge is -2.19. The molecule has 0 unspecified atom stereocenters. The van der Waals surface area contributed by atoms with E-state index in [-0.39, 0.29) is 11.7 Å². The molecule has 0 atom stereocenters. The van der Waals surface area contributed by atoms with E-state index in [4.69, 9.17) is 0 Å². The first kappa shape index (κ1) is 8.48. The van der Waals surface area contributed by atoms with Crippen LogP contribution in [0.2, 0.25) is 0 Å². The molecule has 1 aliphatic carbocycles. The van der Waals surface area contributed by atoms with Gasteiger partial charge in [-0.05, 0) is 12.8 Å². The Kier molecular flexibility index (Phi) is 2.43. The number of hydrogen-bond donors (Lipinski definition) is 1. The number of aromatic amines is 1. The number of aromatic nitrogens is 2. The molecule has 0 saturated heterocycles. The monoisotopic (exact) mass is 178 g/mol. The molecule has 1 heterocycles. The van der Waals surface area contributed by atoms with Crippen molar-refractivity contribution < 1.29 is 4.79 Å². The van der Waals surface area contributed by atoms with E-state index < -0.39 is 0 Å². The quantitative estimate of drug-likeness (QED) is 0.705. The summed E-state index contributed by atoms with van der Waals surface area (Å²) in [6.07, 6.45) is 8.98. The normalized spacial score (nSPS) is 18.8. The molecule has 70 valence electrons. The molecule has 1 saturated carbocycles. The molecule has 1 fully saturated rings. The third-order valence-corrected chi connectivity index (χ3v) is 2.74. The molecular weight excluding hydrogens is 164 g/mol. The smallest absolute Gasteiger partial charge is 0.183 e. The molecule has 1 aromatic heterocycles. The van der Waals surface area contributed by atoms with Gasteiger partial charge >= 0.3 is 0 Å². The van der Waals surface area contributed by atoms with Crippen LogP contribution in [0, 0.1) is 5.92 Å². The second-order valence-electron chi connectivity index (χ2n) is 3.66. The van der Waals surface area contributed by atoms with Crippen LogP contribution in [0.1, 0.15) is 42.6 Å². The summed E-state index contributed by atoms with van der Waals surface area (Å²) in [5.74, 6) is 0.492. The summed E-state index contributed by atoms with van der Waals surface area (Å²) in [6.45, 7) is 0. The summed E-state index contributed by atoms with van der Waals surface area (Å²) in [5.41, 5.74) is 0.673. The molecule has 13 heavy (non-hydrogen) atoms. The van der Waals surface area contributed by atoms with Gasteiger partial charge in [-0.1, -0.05) is 19.3 Å². The van der Waals surface area contributed by atoms with Gasteiger partial charge in [-0.2, -0.15) is 0 Å². The van der Waals surface area contributed by atoms with E-state index in [0.29, 0.717) is 5.69 Å². The second kappa shape index (κ2) is 3.73. The average Bonchev–Trinajstić information content (AvgIpc) is 2.71. The number of nitrogens with one attached hydrogen (secondary N) is 1. The van der Waals surface area contributed by atoms with Crippen molar-refractivity contribution in [2.24, 2.45) is 5.92 Å². The Morgan fingerprint density at radius 3 is 2.77 bits per heavy atom. The molecule has 2 rings (SSSR count). The van der Waals surface area contributed by atoms with Crippen molar-refractivity contribution in [1.82, 2.24) is 9.97 Å². The van der Waals surface area contributed by atoms with Crippen molar-refractivity contribution in [3.05, 3.63) is 18.2 Å². The third kappa shape index (κ3) is 1.79. The number of Topliss-reactive ketones (excluding diaryl/α,β-unsaturated/α-hetero) is 1. The number of ketones is 1. The van der Waals surface area contributed by atoms with Gasteiger partial charge in [0.05, 0.1) is 12.5 Å². The number of carbonyl (C=O) groups excluding carboxylic acids is 1. The fraction of sp³-hybridized carbons (Fsp3) is 0.600. The molecule has 3 nitrogen and oxygen atoms in total. The standard InChI is InChI=1S/C10H14N2O/c13-10(9-6-11-7-12-9)8-4-2-1-3-5-8/h6-8H,1-5H2,(H,11,12). The minimum absolute atomic E-state index is 0.245. The zero-order valence-electron chi connectivity index (χ0n) is 7.62. The summed E-state index contributed by atoms with van der Waals surface area (Å²) in [4.78, 5) is 18.5. The summed E-state index contributed by atoms with van der Waals surface area (Å²) in [6, 6.07) is 0. The van der Waals surface area contributed by atoms with Crippen molar-refractivity contribution in [2.75, 3.05) is 0 Å². The van der Waals surface area contributed by atoms with Crippen LogP contribution < -0.4 is 0 Å². The first-order valence-corrected chi connectivity index (χ1v) is 4.90. The van der Waals surface area contributed by atoms with Gasteiger partial charge in [0.15, 0.2) is 5.78 Å². The van der Waals surface area contributed by atoms with Crippen LogP contribution in [-0.4, -0.2) is 15.8 Å². The number of hydrogen-bond acceptors (Lipinski definition) is 2. The van der Waals surface area contributed by atoms with Crippen molar-refractivity contribution in [3.8, 4) is 0 Å². The van der Waals surface area contributed by atoms with Gasteiger partial charge < -0.3 is 4.98 Å². The van der Waals surface area contributed by atoms with Gasteiger partial charge in [0, 0.05) is 5.92 Å². The Balaban J connectivity index is 2.04. The largest absolute Gasteiger partial charge is 0.342 e. The Labute approximate surface area is 77.6 Å². The second-order valence-corrected chi connectivity index (χ2v) is 3.66. The summed E-state index contributed by atoms with van der Waals surface area (Å²) >= 11 is 0. The molecule has 0 aromatic carbocycles. The van der Waals surface area contributed by atoms with Gasteiger partial charge in [-0.3, -0.25) is 4.79 Å². The Hall–Kier alpha value is -1.12. The SMILES string of the molecule is O=C(c1cnc[nH]1)C1CCCCC1. The van der Waals surface area contributed by atoms with Crippen LogP contribution in [0.3, 0.4) is 0 Å². The maximum atomic E-state index is 11.8. The molecular formula is C10H14N2O. The molecule has 3 heteroatoms. The van der Waals surface area contributed by atoms with Crippen LogP contribution in [0.15, 0.2) is 12.5 Å². The van der Waals surface area contributed by atoms with Crippen LogP contribution in [0.5, 0.6) is 0 Å². The maximum Gasteiger partial charge on any atom is 0.183 e. The predicted octanol–water partition coefficient (Wildman–Crippen LogP) is 2.17. The third-order valence-electron chi connectivity index (χ3n) is 2.74. The Bertz CT molecular complexity index is 273. The highest BCUT2D eigenvalue weighted by Crippen LogP contribution is 2.26. The maximum absolute atomic E-state index is 11.8. The molecule has 0 amide bonds. The lowest BCUT2D eigenvalue weighted by atomic mass is 9.85. The minimum atomic E-state index is 0.245. The first-order valence-electron chi connectivity index (χ1n) is 4.90. The average molecular weight is 178 g/mol. The van der Waals surface area contributed by atoms with Gasteiger partial charge in [-0.25, -0.2) is 4.98 Å². The van der Waals surface area contributed by atoms with Gasteiger partial charge in [-0.15, -0.1) is 0 Å². The zero-order chi connectivity index (χ0) is 9.10. The Morgan fingerprint density at radius 1 is 1.38 bits per heavy atom. The van der Waals surface area contributed by atoms with Gasteiger partial charge in [0.2, 0.25) is 0 Å². The van der Waals surface area contributed by atoms with Crippen molar-refractivity contribution in [2.45, 2.75) is 32.1 Å². The van der Waals surface area contributed by atoms with Crippen LogP contribution in [0.25, 0.3) is 0 Å². The number of imidazole rings is 1. The minimum Gasteiger partial charge on any atom is -0.342 e. The topological polar surface area (TPSA) is 45.8 Å². The van der Waals surface area contributed by atoms with Crippen LogP contribution >= 0.6 is 0 Å². The summed E-state index contributed by atoms with van der Waals surface area (Å²) in [7, 11) is 0. The van der Waals surface area contributed by atoms with Crippen LogP contribution in [0.4, 0.5) is 0 Å². The molecule has 0 bridgehead atoms. The number of H-pyrrole nitrogens is 1. The fourth-order valence-electron chi connectivity index (χ4n) is 1.98. The van der Waals surface area contributed by atoms with Gasteiger partial charge in [0.1, 0.15) is 5.69 Å². The van der Waals surface area contributed by atoms with E-state index in [2.05, 4.69) is 9.97 Å². The lowest BCUT2D eigenvalue weighted by molar-refractivity contribution is 0.0885. The number of rotatable bonds is 2. The van der Waals surface area contributed by atoms with E-state index in [1.165, 1.54) is 19.3 Å². The fourth-order valence-corrected chi connectivity index (χ4v) is 1.98. The number of nitrogens with zero attached hydrogens (tertiary/aromatic N) is 1. The van der Waals surface area contributed by atoms with E-state index in [9.17, 15) is 4.79 Å². The van der Waals surface area contributed by atoms with Gasteiger partial charge in [0.25, 0.3) is 0 Å². The first-order chi connectivity index (χ1) is 6.38. The van der Waals surface area contributed by atoms with E-state index in [0.717, 1.165) is 12.8 Å². The highest BCUT2D eigenvalue weighted by molar-refractivity contribution is 5.95. The van der Waals surface area contributed by atoms with Crippen molar-refractivity contribution in [1.29, 1.82) is 0 Å². The lowest BCUT2D eigenvalue weighted by Crippen LogP contribution is -2.18. The molecule has 1 aromatic rings. The molecule has 0 aliphatic heterocycles. The summed E-state index contributed by atoms with van der Waals surface area (Å²) in [5, 5.41) is 0. The Morgan fingerprint density at radius 2 is 2.15 bits per heavy atom. The molecule has 1 N–H and O–H groups in total. The zero-order valence-corrected chi connectivity index (χ0v) is 7.62. The molecule has 0 spiro atoms. The van der Waals surface area contributed by atoms with E-state index in [1.54, 1.807) is 12.5 Å². The van der Waals surface area contributed by atoms with E-state index in [1.807, 2.05) is 0 Å². The highest BCUT2D eigenvalue weighted by Gasteiger charge is 2.22. The predicted molar refractivity (Wildman–Crippen MR) is 49.5 cm³/mol. The van der Waals surface area contributed by atoms with E-state index >= 15 is 0 Å². The van der Waals surface area contributed by atoms with Crippen molar-refractivity contribution >= 4 is 5.78 Å². The number of carbonyl (C=O) groups is 1. The molecule has 1 aliphatic rings. The highest BCUT2D eigenvalue weighted by atomic mass is 16.1. The molecule has 0 radical (unpaired) electrons. The van der Waals surface area contributed by atoms with Crippen LogP contribution in [-0.2, 0) is 0 Å². The summed E-state index contributed by atoms with van der Waals surface area (Å²) < 4.78 is 0. The van der Waals surface area contributed by atoms with Crippen molar-refractivity contribution in [3.63, 3.8) is 0 Å².